The van der Waals surface area contributed by atoms with Gasteiger partial charge in [0.15, 0.2) is 0 Å². The predicted octanol–water partition coefficient (Wildman–Crippen LogP) is 2.69. The lowest BCUT2D eigenvalue weighted by molar-refractivity contribution is -0.375. The topological polar surface area (TPSA) is 70.2 Å². The summed E-state index contributed by atoms with van der Waals surface area (Å²) in [5.41, 5.74) is 4.48. The van der Waals surface area contributed by atoms with Crippen molar-refractivity contribution in [3.05, 3.63) is 22.4 Å². The molecule has 0 radical (unpaired) electrons. The van der Waals surface area contributed by atoms with Gasteiger partial charge in [0.05, 0.1) is 6.61 Å². The normalized spacial score (nSPS) is 16.0. The summed E-state index contributed by atoms with van der Waals surface area (Å²) in [7, 11) is 0. The largest absolute Gasteiger partial charge is 0.392 e. The van der Waals surface area contributed by atoms with Crippen LogP contribution in [0, 0.1) is 11.3 Å². The molecule has 4 nitrogen and oxygen atoms in total. The summed E-state index contributed by atoms with van der Waals surface area (Å²) in [6.45, 7) is 7.19. The second-order valence-electron chi connectivity index (χ2n) is 6.40. The molecule has 120 valence electrons. The highest BCUT2D eigenvalue weighted by Gasteiger charge is 2.33. The van der Waals surface area contributed by atoms with E-state index in [9.17, 15) is 5.26 Å². The van der Waals surface area contributed by atoms with E-state index in [1.807, 2.05) is 11.8 Å². The second kappa shape index (κ2) is 7.34. The van der Waals surface area contributed by atoms with Gasteiger partial charge in [0.25, 0.3) is 5.82 Å². The summed E-state index contributed by atoms with van der Waals surface area (Å²) in [5, 5.41) is 21.9. The number of aliphatic hydroxyl groups excluding tert-OH is 1. The van der Waals surface area contributed by atoms with Gasteiger partial charge in [-0.1, -0.05) is 27.2 Å². The third kappa shape index (κ3) is 3.74. The van der Waals surface area contributed by atoms with Crippen molar-refractivity contribution in [1.29, 1.82) is 5.26 Å². The first kappa shape index (κ1) is 17.1. The van der Waals surface area contributed by atoms with Gasteiger partial charge in [-0.3, -0.25) is 5.32 Å². The van der Waals surface area contributed by atoms with E-state index in [1.165, 1.54) is 16.8 Å². The van der Waals surface area contributed by atoms with Crippen molar-refractivity contribution in [2.24, 2.45) is 0 Å². The van der Waals surface area contributed by atoms with E-state index >= 15 is 0 Å². The van der Waals surface area contributed by atoms with Crippen molar-refractivity contribution in [3.8, 4) is 6.07 Å². The van der Waals surface area contributed by atoms with Crippen LogP contribution in [0.15, 0.2) is 0 Å². The van der Waals surface area contributed by atoms with Gasteiger partial charge in [0.2, 0.25) is 0 Å². The van der Waals surface area contributed by atoms with Crippen molar-refractivity contribution in [1.82, 2.24) is 0 Å². The van der Waals surface area contributed by atoms with Crippen LogP contribution in [0.2, 0.25) is 0 Å². The molecule has 1 aliphatic rings. The second-order valence-corrected chi connectivity index (χ2v) is 8.08. The number of nitriles is 1. The van der Waals surface area contributed by atoms with E-state index in [0.717, 1.165) is 42.8 Å². The molecule has 0 amide bonds. The zero-order chi connectivity index (χ0) is 16.2. The van der Waals surface area contributed by atoms with Crippen LogP contribution < -0.4 is 10.3 Å². The fourth-order valence-electron chi connectivity index (χ4n) is 2.89. The van der Waals surface area contributed by atoms with Crippen LogP contribution >= 0.6 is 11.8 Å². The van der Waals surface area contributed by atoms with Crippen LogP contribution in [0.4, 0.5) is 5.82 Å². The van der Waals surface area contributed by atoms with Gasteiger partial charge in [-0.15, -0.1) is 0 Å². The minimum Gasteiger partial charge on any atom is -0.392 e. The first-order valence-corrected chi connectivity index (χ1v) is 8.99. The average molecular weight is 320 g/mol. The number of aromatic nitrogens is 1. The summed E-state index contributed by atoms with van der Waals surface area (Å²) < 4.78 is 0.163. The molecule has 0 saturated carbocycles. The number of aliphatic hydroxyl groups is 1. The van der Waals surface area contributed by atoms with Gasteiger partial charge in [0.1, 0.15) is 23.9 Å². The number of H-pyrrole nitrogens is 1. The van der Waals surface area contributed by atoms with Crippen LogP contribution in [-0.2, 0) is 18.6 Å². The lowest BCUT2D eigenvalue weighted by Gasteiger charge is -2.31. The highest BCUT2D eigenvalue weighted by molar-refractivity contribution is 7.99. The smallest absolute Gasteiger partial charge is 0.290 e. The lowest BCUT2D eigenvalue weighted by Crippen LogP contribution is -2.31. The molecule has 2 rings (SSSR count). The molecule has 1 aromatic heterocycles. The van der Waals surface area contributed by atoms with Gasteiger partial charge in [-0.25, -0.2) is 4.98 Å². The summed E-state index contributed by atoms with van der Waals surface area (Å²) >= 11 is 1.96. The third-order valence-electron chi connectivity index (χ3n) is 4.07. The Hall–Kier alpha value is -1.25. The summed E-state index contributed by atoms with van der Waals surface area (Å²) in [6.07, 6.45) is 4.22. The van der Waals surface area contributed by atoms with Crippen molar-refractivity contribution in [3.63, 3.8) is 0 Å². The highest BCUT2D eigenvalue weighted by Crippen LogP contribution is 2.41. The summed E-state index contributed by atoms with van der Waals surface area (Å²) in [6, 6.07) is 2.37. The Bertz CT molecular complexity index is 578. The van der Waals surface area contributed by atoms with Crippen LogP contribution in [-0.4, -0.2) is 23.0 Å². The molecule has 1 aromatic rings. The van der Waals surface area contributed by atoms with Gasteiger partial charge in [-0.2, -0.15) is 17.0 Å². The molecular weight excluding hydrogens is 294 g/mol. The Kier molecular flexibility index (Phi) is 5.71. The van der Waals surface area contributed by atoms with Crippen molar-refractivity contribution >= 4 is 17.6 Å². The third-order valence-corrected chi connectivity index (χ3v) is 5.43. The van der Waals surface area contributed by atoms with Crippen molar-refractivity contribution < 1.29 is 10.1 Å². The number of unbranched alkanes of at least 4 members (excludes halogenated alkanes) is 1. The predicted molar refractivity (Wildman–Crippen MR) is 91.0 cm³/mol. The highest BCUT2D eigenvalue weighted by atomic mass is 32.2. The maximum Gasteiger partial charge on any atom is 0.290 e. The minimum absolute atomic E-state index is 0.0570. The number of pyridine rings is 1. The van der Waals surface area contributed by atoms with Gasteiger partial charge in [-0.05, 0) is 18.4 Å². The van der Waals surface area contributed by atoms with Crippen LogP contribution in [0.25, 0.3) is 0 Å². The number of nitrogens with one attached hydrogen (secondary N) is 2. The van der Waals surface area contributed by atoms with E-state index in [2.05, 4.69) is 37.1 Å². The molecule has 3 N–H and O–H groups in total. The van der Waals surface area contributed by atoms with Gasteiger partial charge >= 0.3 is 0 Å². The van der Waals surface area contributed by atoms with Crippen molar-refractivity contribution in [2.45, 2.75) is 57.0 Å². The van der Waals surface area contributed by atoms with Crippen molar-refractivity contribution in [2.75, 3.05) is 18.5 Å². The summed E-state index contributed by atoms with van der Waals surface area (Å²) in [5.74, 6) is 1.73. The van der Waals surface area contributed by atoms with E-state index in [-0.39, 0.29) is 11.4 Å². The number of anilines is 1. The lowest BCUT2D eigenvalue weighted by atomic mass is 9.91. The maximum absolute atomic E-state index is 9.63. The zero-order valence-electron chi connectivity index (χ0n) is 13.8. The molecule has 2 heterocycles. The molecule has 0 bridgehead atoms. The molecule has 0 unspecified atom stereocenters. The molecule has 0 aliphatic carbocycles. The monoisotopic (exact) mass is 320 g/mol. The fraction of sp³-hybridized carbons (Fsp3) is 0.647. The van der Waals surface area contributed by atoms with Crippen LogP contribution in [0.5, 0.6) is 0 Å². The van der Waals surface area contributed by atoms with E-state index < -0.39 is 0 Å². The Morgan fingerprint density at radius 3 is 2.82 bits per heavy atom. The van der Waals surface area contributed by atoms with Gasteiger partial charge in [0, 0.05) is 22.5 Å². The Morgan fingerprint density at radius 1 is 1.41 bits per heavy atom. The molecule has 22 heavy (non-hydrogen) atoms. The zero-order valence-corrected chi connectivity index (χ0v) is 14.6. The van der Waals surface area contributed by atoms with Crippen LogP contribution in [0.3, 0.4) is 0 Å². The minimum atomic E-state index is 0.0570. The number of hydrogen-bond acceptors (Lipinski definition) is 4. The van der Waals surface area contributed by atoms with E-state index in [4.69, 9.17) is 5.11 Å². The number of aryl methyl sites for hydroxylation is 1. The molecule has 0 saturated heterocycles. The molecule has 0 spiro atoms. The fourth-order valence-corrected chi connectivity index (χ4v) is 4.02. The average Bonchev–Trinajstić information content (AvgIpc) is 2.49. The SMILES string of the molecule is CCCCc1[nH+]c(NCCO)c(C#N)c2c1CSC(C)(C)C2. The number of nitrogens with zero attached hydrogens (tertiary/aromatic N) is 1. The molecule has 5 heteroatoms. The van der Waals surface area contributed by atoms with E-state index in [0.29, 0.717) is 6.54 Å². The standard InChI is InChI=1S/C17H25N3OS/c1-4-5-6-15-14-11-22-17(2,3)9-12(14)13(10-18)16(20-15)19-7-8-21/h21H,4-9,11H2,1-3H3,(H,19,20)/p+1. The molecular formula is C17H26N3OS+. The Labute approximate surface area is 137 Å². The molecule has 0 aromatic carbocycles. The molecule has 0 atom stereocenters. The quantitative estimate of drug-likeness (QED) is 0.845. The number of rotatable bonds is 6. The first-order chi connectivity index (χ1) is 10.5. The number of hydrogen-bond donors (Lipinski definition) is 2. The number of fused-ring (bicyclic) bond motifs is 1. The van der Waals surface area contributed by atoms with Gasteiger partial charge < -0.3 is 5.11 Å². The Morgan fingerprint density at radius 2 is 2.18 bits per heavy atom. The van der Waals surface area contributed by atoms with Crippen LogP contribution in [0.1, 0.15) is 56.0 Å². The first-order valence-electron chi connectivity index (χ1n) is 8.01. The maximum atomic E-state index is 9.63. The Balaban J connectivity index is 2.50. The summed E-state index contributed by atoms with van der Waals surface area (Å²) in [4.78, 5) is 3.43. The molecule has 1 aliphatic heterocycles. The number of aromatic amines is 1. The molecule has 0 fully saturated rings. The number of thioether (sulfide) groups is 1. The van der Waals surface area contributed by atoms with E-state index in [1.54, 1.807) is 0 Å².